The number of nitrogen functional groups attached to an aromatic ring is 1. The minimum atomic E-state index is -0.287. The molecule has 3 aromatic rings. The van der Waals surface area contributed by atoms with E-state index in [1.807, 2.05) is 0 Å². The van der Waals surface area contributed by atoms with E-state index in [1.165, 1.54) is 11.1 Å². The van der Waals surface area contributed by atoms with Crippen LogP contribution in [0.4, 0.5) is 11.6 Å². The number of aromatic amines is 1. The molecule has 0 fully saturated rings. The summed E-state index contributed by atoms with van der Waals surface area (Å²) in [5.41, 5.74) is 8.81. The first-order chi connectivity index (χ1) is 11.0. The van der Waals surface area contributed by atoms with Crippen molar-refractivity contribution in [1.82, 2.24) is 15.0 Å². The summed E-state index contributed by atoms with van der Waals surface area (Å²) in [4.78, 5) is 22.5. The lowest BCUT2D eigenvalue weighted by Gasteiger charge is -2.09. The summed E-state index contributed by atoms with van der Waals surface area (Å²) < 4.78 is 0. The second-order valence-corrected chi connectivity index (χ2v) is 5.80. The van der Waals surface area contributed by atoms with E-state index in [0.29, 0.717) is 23.5 Å². The fourth-order valence-corrected chi connectivity index (χ4v) is 2.36. The second kappa shape index (κ2) is 6.08. The number of nitrogens with two attached hydrogens (primary N) is 1. The molecule has 0 aliphatic carbocycles. The molecule has 0 unspecified atom stereocenters. The fraction of sp³-hybridized carbons (Fsp3) is 0.235. The van der Waals surface area contributed by atoms with Gasteiger partial charge in [-0.05, 0) is 23.1 Å². The number of pyridine rings is 1. The van der Waals surface area contributed by atoms with Gasteiger partial charge < -0.3 is 11.1 Å². The number of nitrogens with one attached hydrogen (secondary N) is 2. The van der Waals surface area contributed by atoms with Gasteiger partial charge in [-0.25, -0.2) is 4.98 Å². The highest BCUT2D eigenvalue weighted by Crippen LogP contribution is 2.16. The van der Waals surface area contributed by atoms with Gasteiger partial charge in [-0.1, -0.05) is 38.1 Å². The third-order valence-electron chi connectivity index (χ3n) is 3.72. The Hall–Kier alpha value is -2.89. The summed E-state index contributed by atoms with van der Waals surface area (Å²) in [5, 5.41) is 3.69. The van der Waals surface area contributed by atoms with Crippen LogP contribution < -0.4 is 16.6 Å². The van der Waals surface area contributed by atoms with Crippen LogP contribution in [0, 0.1) is 0 Å². The summed E-state index contributed by atoms with van der Waals surface area (Å²) in [6, 6.07) is 10.2. The maximum atomic E-state index is 11.9. The number of hydrogen-bond donors (Lipinski definition) is 3. The number of rotatable bonds is 4. The zero-order valence-electron chi connectivity index (χ0n) is 13.1. The lowest BCUT2D eigenvalue weighted by Crippen LogP contribution is -2.12. The van der Waals surface area contributed by atoms with Gasteiger partial charge in [0.25, 0.3) is 5.56 Å². The van der Waals surface area contributed by atoms with Crippen LogP contribution >= 0.6 is 0 Å². The number of anilines is 2. The quantitative estimate of drug-likeness (QED) is 0.688. The molecule has 3 rings (SSSR count). The van der Waals surface area contributed by atoms with Crippen LogP contribution in [0.1, 0.15) is 30.9 Å². The molecule has 0 saturated carbocycles. The lowest BCUT2D eigenvalue weighted by molar-refractivity contribution is 0.865. The van der Waals surface area contributed by atoms with Gasteiger partial charge >= 0.3 is 0 Å². The van der Waals surface area contributed by atoms with Crippen LogP contribution in [0.3, 0.4) is 0 Å². The van der Waals surface area contributed by atoms with Gasteiger partial charge in [0.1, 0.15) is 0 Å². The lowest BCUT2D eigenvalue weighted by atomic mass is 10.0. The summed E-state index contributed by atoms with van der Waals surface area (Å²) in [5.74, 6) is 0.592. The summed E-state index contributed by atoms with van der Waals surface area (Å²) in [6.45, 7) is 5.00. The van der Waals surface area contributed by atoms with Gasteiger partial charge in [0.05, 0.1) is 17.3 Å². The van der Waals surface area contributed by atoms with Gasteiger partial charge in [0, 0.05) is 6.54 Å². The molecule has 1 aromatic carbocycles. The highest BCUT2D eigenvalue weighted by atomic mass is 16.1. The fourth-order valence-electron chi connectivity index (χ4n) is 2.36. The van der Waals surface area contributed by atoms with Crippen molar-refractivity contribution in [3.05, 3.63) is 58.0 Å². The first kappa shape index (κ1) is 15.0. The van der Waals surface area contributed by atoms with E-state index in [2.05, 4.69) is 58.4 Å². The Morgan fingerprint density at radius 3 is 2.70 bits per heavy atom. The standard InChI is InChI=1S/C17H19N5O/c1-10(2)12-5-3-11(4-6-12)8-19-13-7-14-15(20-9-13)21-17(18)22-16(14)23/h3-7,9-10,19H,8H2,1-2H3,(H3,18,20,21,22,23). The Morgan fingerprint density at radius 1 is 1.26 bits per heavy atom. The van der Waals surface area contributed by atoms with Crippen molar-refractivity contribution in [3.63, 3.8) is 0 Å². The highest BCUT2D eigenvalue weighted by molar-refractivity contribution is 5.77. The smallest absolute Gasteiger partial charge is 0.261 e. The summed E-state index contributed by atoms with van der Waals surface area (Å²) >= 11 is 0. The average Bonchev–Trinajstić information content (AvgIpc) is 2.53. The van der Waals surface area contributed by atoms with Crippen molar-refractivity contribution in [3.8, 4) is 0 Å². The zero-order valence-corrected chi connectivity index (χ0v) is 13.1. The molecule has 0 aliphatic heterocycles. The Labute approximate surface area is 133 Å². The molecule has 0 saturated heterocycles. The van der Waals surface area contributed by atoms with Gasteiger partial charge in [-0.3, -0.25) is 9.78 Å². The van der Waals surface area contributed by atoms with Crippen molar-refractivity contribution >= 4 is 22.7 Å². The number of nitrogens with zero attached hydrogens (tertiary/aromatic N) is 2. The Kier molecular flexibility index (Phi) is 3.97. The van der Waals surface area contributed by atoms with E-state index in [0.717, 1.165) is 5.69 Å². The molecule has 118 valence electrons. The van der Waals surface area contributed by atoms with Gasteiger partial charge in [0.2, 0.25) is 5.95 Å². The number of fused-ring (bicyclic) bond motifs is 1. The number of hydrogen-bond acceptors (Lipinski definition) is 5. The Morgan fingerprint density at radius 2 is 2.00 bits per heavy atom. The van der Waals surface area contributed by atoms with E-state index in [9.17, 15) is 4.79 Å². The molecule has 0 atom stereocenters. The zero-order chi connectivity index (χ0) is 16.4. The summed E-state index contributed by atoms with van der Waals surface area (Å²) in [7, 11) is 0. The van der Waals surface area contributed by atoms with Crippen molar-refractivity contribution in [1.29, 1.82) is 0 Å². The first-order valence-electron chi connectivity index (χ1n) is 7.51. The van der Waals surface area contributed by atoms with Crippen LogP contribution in [0.25, 0.3) is 11.0 Å². The average molecular weight is 309 g/mol. The molecule has 0 amide bonds. The monoisotopic (exact) mass is 309 g/mol. The first-order valence-corrected chi connectivity index (χ1v) is 7.51. The topological polar surface area (TPSA) is 96.7 Å². The molecule has 0 radical (unpaired) electrons. The van der Waals surface area contributed by atoms with E-state index in [1.54, 1.807) is 12.3 Å². The van der Waals surface area contributed by atoms with Gasteiger partial charge in [-0.15, -0.1) is 0 Å². The van der Waals surface area contributed by atoms with E-state index in [4.69, 9.17) is 5.73 Å². The van der Waals surface area contributed by atoms with Gasteiger partial charge in [-0.2, -0.15) is 4.98 Å². The van der Waals surface area contributed by atoms with Crippen LogP contribution in [0.2, 0.25) is 0 Å². The molecule has 6 nitrogen and oxygen atoms in total. The van der Waals surface area contributed by atoms with E-state index in [-0.39, 0.29) is 11.5 Å². The number of aromatic nitrogens is 3. The minimum Gasteiger partial charge on any atom is -0.380 e. The normalized spacial score (nSPS) is 11.1. The molecular formula is C17H19N5O. The van der Waals surface area contributed by atoms with E-state index >= 15 is 0 Å². The maximum Gasteiger partial charge on any atom is 0.261 e. The van der Waals surface area contributed by atoms with Crippen LogP contribution in [0.15, 0.2) is 41.3 Å². The van der Waals surface area contributed by atoms with E-state index < -0.39 is 0 Å². The van der Waals surface area contributed by atoms with Crippen molar-refractivity contribution < 1.29 is 0 Å². The Bertz CT molecular complexity index is 884. The maximum absolute atomic E-state index is 11.9. The molecule has 0 spiro atoms. The molecule has 0 bridgehead atoms. The summed E-state index contributed by atoms with van der Waals surface area (Å²) in [6.07, 6.45) is 1.65. The predicted molar refractivity (Wildman–Crippen MR) is 92.4 cm³/mol. The number of benzene rings is 1. The van der Waals surface area contributed by atoms with Crippen LogP contribution in [-0.4, -0.2) is 15.0 Å². The Balaban J connectivity index is 1.78. The molecule has 23 heavy (non-hydrogen) atoms. The predicted octanol–water partition coefficient (Wildman–Crippen LogP) is 2.64. The molecule has 0 aliphatic rings. The number of H-pyrrole nitrogens is 1. The SMILES string of the molecule is CC(C)c1ccc(CNc2cnc3nc(N)[nH]c(=O)c3c2)cc1. The van der Waals surface area contributed by atoms with Gasteiger partial charge in [0.15, 0.2) is 5.65 Å². The van der Waals surface area contributed by atoms with Crippen molar-refractivity contribution in [2.24, 2.45) is 0 Å². The van der Waals surface area contributed by atoms with Crippen LogP contribution in [0.5, 0.6) is 0 Å². The molecule has 2 heterocycles. The molecular weight excluding hydrogens is 290 g/mol. The minimum absolute atomic E-state index is 0.0703. The third-order valence-corrected chi connectivity index (χ3v) is 3.72. The van der Waals surface area contributed by atoms with Crippen molar-refractivity contribution in [2.45, 2.75) is 26.3 Å². The largest absolute Gasteiger partial charge is 0.380 e. The van der Waals surface area contributed by atoms with Crippen molar-refractivity contribution in [2.75, 3.05) is 11.1 Å². The molecule has 4 N–H and O–H groups in total. The third kappa shape index (κ3) is 3.31. The highest BCUT2D eigenvalue weighted by Gasteiger charge is 2.05. The van der Waals surface area contributed by atoms with Crippen LogP contribution in [-0.2, 0) is 6.54 Å². The molecule has 6 heteroatoms. The molecule has 2 aromatic heterocycles. The second-order valence-electron chi connectivity index (χ2n) is 5.80.